The van der Waals surface area contributed by atoms with Crippen LogP contribution in [0.2, 0.25) is 0 Å². The summed E-state index contributed by atoms with van der Waals surface area (Å²) >= 11 is 0. The number of nitrogens with two attached hydrogens (primary N) is 1. The molecule has 0 aliphatic rings. The summed E-state index contributed by atoms with van der Waals surface area (Å²) in [5, 5.41) is 8.98. The molecule has 0 atom stereocenters. The Morgan fingerprint density at radius 1 is 1.20 bits per heavy atom. The van der Waals surface area contributed by atoms with Gasteiger partial charge in [-0.3, -0.25) is 13.9 Å². The largest absolute Gasteiger partial charge is 0.507 e. The first-order valence-corrected chi connectivity index (χ1v) is 4.89. The minimum Gasteiger partial charge on any atom is -0.507 e. The number of hydrogen-bond acceptors (Lipinski definition) is 4. The Balaban J connectivity index is 0.000000336. The summed E-state index contributed by atoms with van der Waals surface area (Å²) < 4.78 is 31.6. The molecule has 0 saturated carbocycles. The van der Waals surface area contributed by atoms with Crippen LogP contribution in [0.25, 0.3) is 0 Å². The molecular weight excluding hydrogens is 226 g/mol. The third-order valence-corrected chi connectivity index (χ3v) is 1.17. The van der Waals surface area contributed by atoms with Crippen LogP contribution in [0, 0.1) is 0 Å². The van der Waals surface area contributed by atoms with E-state index in [1.165, 1.54) is 12.1 Å². The van der Waals surface area contributed by atoms with Crippen LogP contribution in [0.5, 0.6) is 5.75 Å². The van der Waals surface area contributed by atoms with E-state index in [-0.39, 0.29) is 11.3 Å². The van der Waals surface area contributed by atoms with Crippen molar-refractivity contribution in [2.75, 3.05) is 0 Å². The number of hydrogen-bond donors (Lipinski definition) is 4. The molecule has 0 radical (unpaired) electrons. The zero-order valence-electron chi connectivity index (χ0n) is 7.36. The maximum absolute atomic E-state index is 10.5. The minimum absolute atomic E-state index is 0.0741. The zero-order chi connectivity index (χ0) is 12.1. The van der Waals surface area contributed by atoms with Gasteiger partial charge in [0.05, 0.1) is 5.56 Å². The first kappa shape index (κ1) is 13.4. The lowest BCUT2D eigenvalue weighted by Crippen LogP contribution is -2.10. The summed E-state index contributed by atoms with van der Waals surface area (Å²) in [6.45, 7) is 0. The van der Waals surface area contributed by atoms with E-state index in [9.17, 15) is 4.79 Å². The fraction of sp³-hybridized carbons (Fsp3) is 0. The van der Waals surface area contributed by atoms with Crippen molar-refractivity contribution in [1.82, 2.24) is 0 Å². The highest BCUT2D eigenvalue weighted by molar-refractivity contribution is 7.79. The van der Waals surface area contributed by atoms with Crippen LogP contribution in [-0.4, -0.2) is 28.5 Å². The normalized spacial score (nSPS) is 10.0. The molecule has 1 amide bonds. The van der Waals surface area contributed by atoms with Crippen molar-refractivity contribution in [2.24, 2.45) is 5.73 Å². The van der Waals surface area contributed by atoms with Crippen LogP contribution >= 0.6 is 0 Å². The standard InChI is InChI=1S/C7H7NO2.H2O4S/c8-7(10)5-3-1-2-4-6(5)9;1-5(2,3)4/h1-4,9H,(H2,8,10);(H2,1,2,3,4). The van der Waals surface area contributed by atoms with Gasteiger partial charge in [0.15, 0.2) is 0 Å². The summed E-state index contributed by atoms with van der Waals surface area (Å²) in [4.78, 5) is 10.5. The summed E-state index contributed by atoms with van der Waals surface area (Å²) in [7, 11) is -4.67. The molecule has 8 heteroatoms. The average molecular weight is 235 g/mol. The fourth-order valence-electron chi connectivity index (χ4n) is 0.682. The molecule has 1 aromatic carbocycles. The van der Waals surface area contributed by atoms with Gasteiger partial charge in [0, 0.05) is 0 Å². The Morgan fingerprint density at radius 3 is 1.87 bits per heavy atom. The van der Waals surface area contributed by atoms with Crippen molar-refractivity contribution in [1.29, 1.82) is 0 Å². The molecule has 0 aliphatic heterocycles. The van der Waals surface area contributed by atoms with Gasteiger partial charge < -0.3 is 10.8 Å². The van der Waals surface area contributed by atoms with E-state index in [4.69, 9.17) is 28.4 Å². The molecule has 7 nitrogen and oxygen atoms in total. The number of primary amides is 1. The summed E-state index contributed by atoms with van der Waals surface area (Å²) in [6, 6.07) is 6.15. The van der Waals surface area contributed by atoms with Gasteiger partial charge in [-0.25, -0.2) is 0 Å². The van der Waals surface area contributed by atoms with E-state index in [1.54, 1.807) is 12.1 Å². The number of amides is 1. The molecule has 0 fully saturated rings. The van der Waals surface area contributed by atoms with E-state index in [0.29, 0.717) is 0 Å². The van der Waals surface area contributed by atoms with Gasteiger partial charge >= 0.3 is 10.4 Å². The first-order valence-electron chi connectivity index (χ1n) is 3.49. The summed E-state index contributed by atoms with van der Waals surface area (Å²) in [5.74, 6) is -0.687. The molecule has 0 aliphatic carbocycles. The lowest BCUT2D eigenvalue weighted by atomic mass is 10.2. The minimum atomic E-state index is -4.67. The van der Waals surface area contributed by atoms with Crippen LogP contribution in [-0.2, 0) is 10.4 Å². The average Bonchev–Trinajstić information content (AvgIpc) is 2.01. The second kappa shape index (κ2) is 5.29. The number of para-hydroxylation sites is 1. The fourth-order valence-corrected chi connectivity index (χ4v) is 0.682. The number of aromatic hydroxyl groups is 1. The third-order valence-electron chi connectivity index (χ3n) is 1.17. The highest BCUT2D eigenvalue weighted by Crippen LogP contribution is 2.13. The highest BCUT2D eigenvalue weighted by Gasteiger charge is 2.03. The first-order chi connectivity index (χ1) is 6.72. The van der Waals surface area contributed by atoms with Crippen LogP contribution in [0.4, 0.5) is 0 Å². The Bertz CT molecular complexity index is 433. The second-order valence-corrected chi connectivity index (χ2v) is 3.22. The molecule has 5 N–H and O–H groups in total. The lowest BCUT2D eigenvalue weighted by molar-refractivity contribution is 0.0997. The van der Waals surface area contributed by atoms with Gasteiger partial charge in [0.1, 0.15) is 5.75 Å². The highest BCUT2D eigenvalue weighted by atomic mass is 32.3. The third kappa shape index (κ3) is 7.43. The van der Waals surface area contributed by atoms with Crippen LogP contribution in [0.3, 0.4) is 0 Å². The molecule has 0 spiro atoms. The van der Waals surface area contributed by atoms with Crippen molar-refractivity contribution in [3.8, 4) is 5.75 Å². The summed E-state index contributed by atoms with van der Waals surface area (Å²) in [6.07, 6.45) is 0. The van der Waals surface area contributed by atoms with Crippen molar-refractivity contribution >= 4 is 16.3 Å². The molecule has 0 heterocycles. The van der Waals surface area contributed by atoms with Crippen molar-refractivity contribution in [2.45, 2.75) is 0 Å². The van der Waals surface area contributed by atoms with Crippen molar-refractivity contribution in [3.63, 3.8) is 0 Å². The number of phenols is 1. The Kier molecular flexibility index (Phi) is 4.71. The maximum Gasteiger partial charge on any atom is 0.394 e. The Morgan fingerprint density at radius 2 is 1.60 bits per heavy atom. The monoisotopic (exact) mass is 235 g/mol. The Hall–Kier alpha value is -1.64. The number of rotatable bonds is 1. The molecule has 84 valence electrons. The second-order valence-electron chi connectivity index (χ2n) is 2.33. The van der Waals surface area contributed by atoms with Gasteiger partial charge in [-0.2, -0.15) is 8.42 Å². The topological polar surface area (TPSA) is 138 Å². The maximum atomic E-state index is 10.5. The van der Waals surface area contributed by atoms with Crippen LogP contribution in [0.1, 0.15) is 10.4 Å². The van der Waals surface area contributed by atoms with Gasteiger partial charge in [-0.15, -0.1) is 0 Å². The van der Waals surface area contributed by atoms with Gasteiger partial charge in [-0.05, 0) is 12.1 Å². The van der Waals surface area contributed by atoms with E-state index in [2.05, 4.69) is 0 Å². The SMILES string of the molecule is NC(=O)c1ccccc1O.O=S(=O)(O)O. The van der Waals surface area contributed by atoms with Gasteiger partial charge in [-0.1, -0.05) is 12.1 Å². The van der Waals surface area contributed by atoms with Gasteiger partial charge in [0.2, 0.25) is 0 Å². The molecule has 0 unspecified atom stereocenters. The lowest BCUT2D eigenvalue weighted by Gasteiger charge is -1.96. The predicted octanol–water partition coefficient (Wildman–Crippen LogP) is -0.162. The van der Waals surface area contributed by atoms with E-state index in [1.807, 2.05) is 0 Å². The quantitative estimate of drug-likeness (QED) is 0.499. The molecule has 0 aromatic heterocycles. The predicted molar refractivity (Wildman–Crippen MR) is 50.8 cm³/mol. The molecular formula is C7H9NO6S. The molecule has 1 aromatic rings. The zero-order valence-corrected chi connectivity index (χ0v) is 8.18. The van der Waals surface area contributed by atoms with Crippen molar-refractivity contribution < 1.29 is 27.4 Å². The number of carbonyl (C=O) groups is 1. The van der Waals surface area contributed by atoms with Crippen LogP contribution in [0.15, 0.2) is 24.3 Å². The molecule has 15 heavy (non-hydrogen) atoms. The van der Waals surface area contributed by atoms with E-state index >= 15 is 0 Å². The molecule has 0 saturated heterocycles. The Labute approximate surface area is 85.7 Å². The number of carbonyl (C=O) groups excluding carboxylic acids is 1. The van der Waals surface area contributed by atoms with Gasteiger partial charge in [0.25, 0.3) is 5.91 Å². The van der Waals surface area contributed by atoms with Crippen molar-refractivity contribution in [3.05, 3.63) is 29.8 Å². The smallest absolute Gasteiger partial charge is 0.394 e. The number of benzene rings is 1. The van der Waals surface area contributed by atoms with E-state index in [0.717, 1.165) is 0 Å². The molecule has 1 rings (SSSR count). The summed E-state index contributed by atoms with van der Waals surface area (Å²) in [5.41, 5.74) is 5.07. The molecule has 0 bridgehead atoms. The van der Waals surface area contributed by atoms with Crippen LogP contribution < -0.4 is 5.73 Å². The van der Waals surface area contributed by atoms with E-state index < -0.39 is 16.3 Å².